The standard InChI is InChI=1S/C19H35N3O7/c1-16-14-19(25)22(15-16)5-2-18(24)21-4-7-27-9-11-29-13-12-28-10-8-26-6-3-17(20)23/h16H,2-15H2,1H3,(H2,20,23)(H,21,24). The van der Waals surface area contributed by atoms with Crippen LogP contribution in [0.2, 0.25) is 0 Å². The molecule has 1 aliphatic rings. The molecule has 0 spiro atoms. The molecule has 1 fully saturated rings. The second-order valence-corrected chi connectivity index (χ2v) is 6.91. The molecule has 0 saturated carbocycles. The Hall–Kier alpha value is -1.75. The molecule has 1 aliphatic heterocycles. The number of amides is 3. The summed E-state index contributed by atoms with van der Waals surface area (Å²) in [6.07, 6.45) is 1.11. The van der Waals surface area contributed by atoms with E-state index in [1.807, 2.05) is 6.92 Å². The summed E-state index contributed by atoms with van der Waals surface area (Å²) < 4.78 is 21.2. The second-order valence-electron chi connectivity index (χ2n) is 6.91. The smallest absolute Gasteiger partial charge is 0.222 e. The zero-order valence-corrected chi connectivity index (χ0v) is 17.4. The predicted molar refractivity (Wildman–Crippen MR) is 105 cm³/mol. The van der Waals surface area contributed by atoms with Gasteiger partial charge in [-0.15, -0.1) is 0 Å². The molecule has 10 nitrogen and oxygen atoms in total. The molecular weight excluding hydrogens is 382 g/mol. The Morgan fingerprint density at radius 3 is 2.03 bits per heavy atom. The van der Waals surface area contributed by atoms with Gasteiger partial charge in [0.1, 0.15) is 0 Å². The van der Waals surface area contributed by atoms with E-state index in [4.69, 9.17) is 24.7 Å². The van der Waals surface area contributed by atoms with E-state index < -0.39 is 0 Å². The zero-order valence-electron chi connectivity index (χ0n) is 17.4. The molecule has 168 valence electrons. The number of hydrogen-bond donors (Lipinski definition) is 2. The number of ether oxygens (including phenoxy) is 4. The van der Waals surface area contributed by atoms with Gasteiger partial charge < -0.3 is 34.9 Å². The number of nitrogens with one attached hydrogen (secondary N) is 1. The summed E-state index contributed by atoms with van der Waals surface area (Å²) in [5, 5.41) is 2.78. The maximum atomic E-state index is 11.8. The summed E-state index contributed by atoms with van der Waals surface area (Å²) in [6, 6.07) is 0. The molecule has 10 heteroatoms. The molecule has 3 amide bonds. The second kappa shape index (κ2) is 16.1. The average molecular weight is 418 g/mol. The maximum absolute atomic E-state index is 11.8. The summed E-state index contributed by atoms with van der Waals surface area (Å²) in [6.45, 7) is 7.05. The van der Waals surface area contributed by atoms with Crippen molar-refractivity contribution in [2.75, 3.05) is 72.5 Å². The Balaban J connectivity index is 1.78. The quantitative estimate of drug-likeness (QED) is 0.282. The largest absolute Gasteiger partial charge is 0.379 e. The van der Waals surface area contributed by atoms with Gasteiger partial charge in [0.15, 0.2) is 0 Å². The number of hydrogen-bond acceptors (Lipinski definition) is 7. The molecule has 0 aromatic carbocycles. The van der Waals surface area contributed by atoms with Crippen molar-refractivity contribution >= 4 is 17.7 Å². The topological polar surface area (TPSA) is 129 Å². The fraction of sp³-hybridized carbons (Fsp3) is 0.842. The summed E-state index contributed by atoms with van der Waals surface area (Å²) in [4.78, 5) is 35.7. The van der Waals surface area contributed by atoms with Crippen LogP contribution in [0.25, 0.3) is 0 Å². The van der Waals surface area contributed by atoms with Gasteiger partial charge >= 0.3 is 0 Å². The third-order valence-corrected chi connectivity index (χ3v) is 4.19. The number of nitrogens with two attached hydrogens (primary N) is 1. The molecule has 3 N–H and O–H groups in total. The first-order chi connectivity index (χ1) is 14.0. The van der Waals surface area contributed by atoms with Gasteiger partial charge in [-0.25, -0.2) is 0 Å². The molecule has 0 radical (unpaired) electrons. The van der Waals surface area contributed by atoms with Crippen molar-refractivity contribution in [2.24, 2.45) is 11.7 Å². The maximum Gasteiger partial charge on any atom is 0.222 e. The zero-order chi connectivity index (χ0) is 21.3. The number of nitrogens with zero attached hydrogens (tertiary/aromatic N) is 1. The van der Waals surface area contributed by atoms with Gasteiger partial charge in [0.2, 0.25) is 17.7 Å². The van der Waals surface area contributed by atoms with Crippen molar-refractivity contribution in [3.8, 4) is 0 Å². The molecular formula is C19H35N3O7. The minimum Gasteiger partial charge on any atom is -0.379 e. The minimum absolute atomic E-state index is 0.0760. The lowest BCUT2D eigenvalue weighted by molar-refractivity contribution is -0.128. The Bertz CT molecular complexity index is 490. The van der Waals surface area contributed by atoms with Crippen LogP contribution in [0.15, 0.2) is 0 Å². The highest BCUT2D eigenvalue weighted by Crippen LogP contribution is 2.16. The third-order valence-electron chi connectivity index (χ3n) is 4.19. The average Bonchev–Trinajstić information content (AvgIpc) is 3.00. The Labute approximate surface area is 172 Å². The van der Waals surface area contributed by atoms with E-state index in [1.54, 1.807) is 4.90 Å². The highest BCUT2D eigenvalue weighted by molar-refractivity contribution is 5.80. The van der Waals surface area contributed by atoms with Crippen molar-refractivity contribution in [1.29, 1.82) is 0 Å². The van der Waals surface area contributed by atoms with E-state index in [0.29, 0.717) is 84.7 Å². The minimum atomic E-state index is -0.381. The lowest BCUT2D eigenvalue weighted by Crippen LogP contribution is -2.33. The molecule has 1 saturated heterocycles. The van der Waals surface area contributed by atoms with Crippen molar-refractivity contribution in [3.63, 3.8) is 0 Å². The molecule has 0 aliphatic carbocycles. The SMILES string of the molecule is CC1CC(=O)N(CCC(=O)NCCOCCOCCOCCOCCC(N)=O)C1. The van der Waals surface area contributed by atoms with Crippen LogP contribution >= 0.6 is 0 Å². The fourth-order valence-electron chi connectivity index (χ4n) is 2.71. The normalized spacial score (nSPS) is 16.4. The van der Waals surface area contributed by atoms with E-state index in [-0.39, 0.29) is 24.1 Å². The highest BCUT2D eigenvalue weighted by Gasteiger charge is 2.26. The molecule has 0 aromatic rings. The van der Waals surface area contributed by atoms with E-state index in [2.05, 4.69) is 5.32 Å². The van der Waals surface area contributed by atoms with Gasteiger partial charge in [0, 0.05) is 38.9 Å². The third kappa shape index (κ3) is 14.0. The van der Waals surface area contributed by atoms with Crippen molar-refractivity contribution < 1.29 is 33.3 Å². The van der Waals surface area contributed by atoms with Gasteiger partial charge in [-0.2, -0.15) is 0 Å². The van der Waals surface area contributed by atoms with Crippen LogP contribution in [0.1, 0.15) is 26.2 Å². The first kappa shape index (κ1) is 25.3. The van der Waals surface area contributed by atoms with Crippen LogP contribution < -0.4 is 11.1 Å². The molecule has 29 heavy (non-hydrogen) atoms. The number of likely N-dealkylation sites (tertiary alicyclic amines) is 1. The molecule has 1 rings (SSSR count). The first-order valence-electron chi connectivity index (χ1n) is 10.1. The van der Waals surface area contributed by atoms with Crippen LogP contribution in [-0.4, -0.2) is 95.1 Å². The number of carbonyl (C=O) groups is 3. The summed E-state index contributed by atoms with van der Waals surface area (Å²) in [5.74, 6) is 0.0515. The van der Waals surface area contributed by atoms with Crippen LogP contribution in [0, 0.1) is 5.92 Å². The van der Waals surface area contributed by atoms with Gasteiger partial charge in [-0.3, -0.25) is 14.4 Å². The Morgan fingerprint density at radius 2 is 1.52 bits per heavy atom. The van der Waals surface area contributed by atoms with Gasteiger partial charge in [0.25, 0.3) is 0 Å². The summed E-state index contributed by atoms with van der Waals surface area (Å²) in [5.41, 5.74) is 4.99. The van der Waals surface area contributed by atoms with E-state index in [0.717, 1.165) is 6.54 Å². The molecule has 1 heterocycles. The van der Waals surface area contributed by atoms with Gasteiger partial charge in [-0.05, 0) is 5.92 Å². The van der Waals surface area contributed by atoms with Gasteiger partial charge in [-0.1, -0.05) is 6.92 Å². The van der Waals surface area contributed by atoms with E-state index >= 15 is 0 Å². The van der Waals surface area contributed by atoms with Crippen LogP contribution in [0.4, 0.5) is 0 Å². The Kier molecular flexibility index (Phi) is 14.0. The van der Waals surface area contributed by atoms with Crippen LogP contribution in [0.5, 0.6) is 0 Å². The molecule has 0 bridgehead atoms. The van der Waals surface area contributed by atoms with Crippen LogP contribution in [0.3, 0.4) is 0 Å². The number of rotatable bonds is 18. The van der Waals surface area contributed by atoms with Crippen molar-refractivity contribution in [3.05, 3.63) is 0 Å². The van der Waals surface area contributed by atoms with Crippen molar-refractivity contribution in [1.82, 2.24) is 10.2 Å². The first-order valence-corrected chi connectivity index (χ1v) is 10.1. The summed E-state index contributed by atoms with van der Waals surface area (Å²) >= 11 is 0. The molecule has 1 atom stereocenters. The lowest BCUT2D eigenvalue weighted by Gasteiger charge is -2.15. The van der Waals surface area contributed by atoms with Gasteiger partial charge in [0.05, 0.1) is 52.9 Å². The highest BCUT2D eigenvalue weighted by atomic mass is 16.6. The fourth-order valence-corrected chi connectivity index (χ4v) is 2.71. The number of carbonyl (C=O) groups excluding carboxylic acids is 3. The molecule has 0 aromatic heterocycles. The van der Waals surface area contributed by atoms with Crippen molar-refractivity contribution in [2.45, 2.75) is 26.2 Å². The summed E-state index contributed by atoms with van der Waals surface area (Å²) in [7, 11) is 0. The lowest BCUT2D eigenvalue weighted by atomic mass is 10.2. The van der Waals surface area contributed by atoms with E-state index in [1.165, 1.54) is 0 Å². The van der Waals surface area contributed by atoms with Crippen LogP contribution in [-0.2, 0) is 33.3 Å². The molecule has 1 unspecified atom stereocenters. The predicted octanol–water partition coefficient (Wildman–Crippen LogP) is -0.697. The van der Waals surface area contributed by atoms with E-state index in [9.17, 15) is 14.4 Å². The number of primary amides is 1. The monoisotopic (exact) mass is 417 g/mol. The Morgan fingerprint density at radius 1 is 0.966 bits per heavy atom.